The lowest BCUT2D eigenvalue weighted by Crippen LogP contribution is -2.15. The van der Waals surface area contributed by atoms with E-state index in [2.05, 4.69) is 0 Å². The molecule has 2 aromatic rings. The Hall–Kier alpha value is -1.94. The number of benzene rings is 2. The van der Waals surface area contributed by atoms with Crippen LogP contribution in [0.3, 0.4) is 0 Å². The van der Waals surface area contributed by atoms with Gasteiger partial charge in [0.15, 0.2) is 11.6 Å². The molecule has 20 heavy (non-hydrogen) atoms. The number of hydrogen-bond acceptors (Lipinski definition) is 2. The number of rotatable bonds is 4. The number of halogens is 2. The molecule has 0 bridgehead atoms. The molecule has 0 heterocycles. The van der Waals surface area contributed by atoms with Gasteiger partial charge in [0, 0.05) is 11.6 Å². The SMILES string of the molecule is COc1ccc(CC(N)c2ccc(C)cc2F)cc1F. The van der Waals surface area contributed by atoms with E-state index in [1.807, 2.05) is 13.0 Å². The summed E-state index contributed by atoms with van der Waals surface area (Å²) in [6, 6.07) is 9.07. The van der Waals surface area contributed by atoms with Gasteiger partial charge in [-0.3, -0.25) is 0 Å². The second-order valence-electron chi connectivity index (χ2n) is 4.80. The van der Waals surface area contributed by atoms with Crippen LogP contribution in [0.25, 0.3) is 0 Å². The predicted octanol–water partition coefficient (Wildman–Crippen LogP) is 3.52. The van der Waals surface area contributed by atoms with Crippen LogP contribution in [0.4, 0.5) is 8.78 Å². The lowest BCUT2D eigenvalue weighted by atomic mass is 9.98. The summed E-state index contributed by atoms with van der Waals surface area (Å²) in [5, 5.41) is 0. The van der Waals surface area contributed by atoms with Crippen LogP contribution < -0.4 is 10.5 Å². The fourth-order valence-electron chi connectivity index (χ4n) is 2.13. The minimum atomic E-state index is -0.511. The molecule has 0 aromatic heterocycles. The monoisotopic (exact) mass is 277 g/mol. The highest BCUT2D eigenvalue weighted by Crippen LogP contribution is 2.23. The van der Waals surface area contributed by atoms with E-state index in [1.165, 1.54) is 19.2 Å². The number of ether oxygens (including phenoxy) is 1. The Morgan fingerprint density at radius 2 is 1.85 bits per heavy atom. The zero-order chi connectivity index (χ0) is 14.7. The Balaban J connectivity index is 2.18. The van der Waals surface area contributed by atoms with Gasteiger partial charge in [-0.05, 0) is 42.7 Å². The third kappa shape index (κ3) is 3.14. The van der Waals surface area contributed by atoms with Gasteiger partial charge < -0.3 is 10.5 Å². The lowest BCUT2D eigenvalue weighted by Gasteiger charge is -2.14. The molecule has 2 aromatic carbocycles. The van der Waals surface area contributed by atoms with Crippen molar-refractivity contribution in [2.75, 3.05) is 7.11 Å². The molecule has 0 radical (unpaired) electrons. The maximum Gasteiger partial charge on any atom is 0.165 e. The van der Waals surface area contributed by atoms with Crippen LogP contribution >= 0.6 is 0 Å². The molecule has 1 atom stereocenters. The summed E-state index contributed by atoms with van der Waals surface area (Å²) in [6.07, 6.45) is 0.362. The van der Waals surface area contributed by atoms with Crippen molar-refractivity contribution in [3.63, 3.8) is 0 Å². The predicted molar refractivity (Wildman–Crippen MR) is 74.7 cm³/mol. The normalized spacial score (nSPS) is 12.2. The highest BCUT2D eigenvalue weighted by molar-refractivity contribution is 5.32. The zero-order valence-electron chi connectivity index (χ0n) is 11.5. The van der Waals surface area contributed by atoms with E-state index in [9.17, 15) is 8.78 Å². The van der Waals surface area contributed by atoms with Crippen molar-refractivity contribution in [2.45, 2.75) is 19.4 Å². The molecule has 2 rings (SSSR count). The topological polar surface area (TPSA) is 35.2 Å². The highest BCUT2D eigenvalue weighted by atomic mass is 19.1. The van der Waals surface area contributed by atoms with Gasteiger partial charge >= 0.3 is 0 Å². The number of aryl methyl sites for hydroxylation is 1. The van der Waals surface area contributed by atoms with Crippen LogP contribution in [0.2, 0.25) is 0 Å². The van der Waals surface area contributed by atoms with E-state index in [4.69, 9.17) is 10.5 Å². The molecule has 0 saturated carbocycles. The Labute approximate surface area is 117 Å². The van der Waals surface area contributed by atoms with E-state index < -0.39 is 11.9 Å². The van der Waals surface area contributed by atoms with Crippen LogP contribution in [0.15, 0.2) is 36.4 Å². The maximum absolute atomic E-state index is 13.8. The van der Waals surface area contributed by atoms with Crippen molar-refractivity contribution in [3.8, 4) is 5.75 Å². The quantitative estimate of drug-likeness (QED) is 0.928. The van der Waals surface area contributed by atoms with E-state index in [1.54, 1.807) is 18.2 Å². The van der Waals surface area contributed by atoms with Crippen LogP contribution in [0.1, 0.15) is 22.7 Å². The van der Waals surface area contributed by atoms with Crippen molar-refractivity contribution >= 4 is 0 Å². The summed E-state index contributed by atoms with van der Waals surface area (Å²) in [5.74, 6) is -0.586. The average molecular weight is 277 g/mol. The van der Waals surface area contributed by atoms with Crippen molar-refractivity contribution in [3.05, 3.63) is 64.7 Å². The minimum Gasteiger partial charge on any atom is -0.494 e. The first-order valence-corrected chi connectivity index (χ1v) is 6.35. The third-order valence-corrected chi connectivity index (χ3v) is 3.23. The number of hydrogen-bond donors (Lipinski definition) is 1. The summed E-state index contributed by atoms with van der Waals surface area (Å²) < 4.78 is 32.3. The number of methoxy groups -OCH3 is 1. The van der Waals surface area contributed by atoms with Gasteiger partial charge in [-0.15, -0.1) is 0 Å². The Morgan fingerprint density at radius 3 is 2.45 bits per heavy atom. The van der Waals surface area contributed by atoms with Gasteiger partial charge in [0.05, 0.1) is 7.11 Å². The Morgan fingerprint density at radius 1 is 1.10 bits per heavy atom. The molecule has 2 nitrogen and oxygen atoms in total. The van der Waals surface area contributed by atoms with Gasteiger partial charge in [-0.2, -0.15) is 0 Å². The molecule has 0 spiro atoms. The first-order chi connectivity index (χ1) is 9.51. The van der Waals surface area contributed by atoms with Crippen LogP contribution in [-0.2, 0) is 6.42 Å². The van der Waals surface area contributed by atoms with Gasteiger partial charge in [-0.25, -0.2) is 8.78 Å². The fraction of sp³-hybridized carbons (Fsp3) is 0.250. The summed E-state index contributed by atoms with van der Waals surface area (Å²) in [6.45, 7) is 1.82. The van der Waals surface area contributed by atoms with E-state index in [-0.39, 0.29) is 11.6 Å². The molecule has 0 saturated heterocycles. The third-order valence-electron chi connectivity index (χ3n) is 3.23. The molecule has 0 amide bonds. The second-order valence-corrected chi connectivity index (χ2v) is 4.80. The van der Waals surface area contributed by atoms with Gasteiger partial charge in [0.25, 0.3) is 0 Å². The number of nitrogens with two attached hydrogens (primary N) is 1. The molecule has 0 aliphatic carbocycles. The first-order valence-electron chi connectivity index (χ1n) is 6.35. The minimum absolute atomic E-state index is 0.184. The van der Waals surface area contributed by atoms with Crippen molar-refractivity contribution in [1.82, 2.24) is 0 Å². The molecular weight excluding hydrogens is 260 g/mol. The summed E-state index contributed by atoms with van der Waals surface area (Å²) >= 11 is 0. The van der Waals surface area contributed by atoms with E-state index in [0.717, 1.165) is 5.56 Å². The molecule has 106 valence electrons. The van der Waals surface area contributed by atoms with Crippen LogP contribution in [0, 0.1) is 18.6 Å². The smallest absolute Gasteiger partial charge is 0.165 e. The zero-order valence-corrected chi connectivity index (χ0v) is 11.5. The molecule has 0 fully saturated rings. The van der Waals surface area contributed by atoms with Gasteiger partial charge in [-0.1, -0.05) is 18.2 Å². The first kappa shape index (κ1) is 14.5. The molecule has 2 N–H and O–H groups in total. The second kappa shape index (κ2) is 6.01. The maximum atomic E-state index is 13.8. The lowest BCUT2D eigenvalue weighted by molar-refractivity contribution is 0.386. The highest BCUT2D eigenvalue weighted by Gasteiger charge is 2.13. The summed E-state index contributed by atoms with van der Waals surface area (Å²) in [7, 11) is 1.41. The van der Waals surface area contributed by atoms with Crippen molar-refractivity contribution in [1.29, 1.82) is 0 Å². The summed E-state index contributed by atoms with van der Waals surface area (Å²) in [5.41, 5.74) is 7.99. The largest absolute Gasteiger partial charge is 0.494 e. The van der Waals surface area contributed by atoms with Crippen LogP contribution in [-0.4, -0.2) is 7.11 Å². The van der Waals surface area contributed by atoms with Gasteiger partial charge in [0.1, 0.15) is 5.82 Å². The molecule has 0 aliphatic rings. The van der Waals surface area contributed by atoms with Gasteiger partial charge in [0.2, 0.25) is 0 Å². The Bertz CT molecular complexity index is 613. The molecule has 1 unspecified atom stereocenters. The average Bonchev–Trinajstić information content (AvgIpc) is 2.38. The molecule has 0 aliphatic heterocycles. The summed E-state index contributed by atoms with van der Waals surface area (Å²) in [4.78, 5) is 0. The fourth-order valence-corrected chi connectivity index (χ4v) is 2.13. The van der Waals surface area contributed by atoms with Crippen molar-refractivity contribution in [2.24, 2.45) is 5.73 Å². The van der Waals surface area contributed by atoms with Crippen LogP contribution in [0.5, 0.6) is 5.75 Å². The Kier molecular flexibility index (Phi) is 4.35. The van der Waals surface area contributed by atoms with E-state index in [0.29, 0.717) is 17.5 Å². The van der Waals surface area contributed by atoms with Crippen molar-refractivity contribution < 1.29 is 13.5 Å². The molecule has 4 heteroatoms. The standard InChI is InChI=1S/C16H17F2NO/c1-10-3-5-12(13(17)7-10)15(19)9-11-4-6-16(20-2)14(18)8-11/h3-8,15H,9,19H2,1-2H3. The van der Waals surface area contributed by atoms with E-state index >= 15 is 0 Å². The molecular formula is C16H17F2NO.